The zero-order valence-electron chi connectivity index (χ0n) is 11.1. The first-order valence-electron chi connectivity index (χ1n) is 6.23. The van der Waals surface area contributed by atoms with Crippen LogP contribution in [0.2, 0.25) is 0 Å². The maximum absolute atomic E-state index is 13.1. The number of esters is 1. The normalized spacial score (nSPS) is 11.2. The molecule has 0 atom stereocenters. The van der Waals surface area contributed by atoms with Crippen LogP contribution in [0.25, 0.3) is 11.1 Å². The van der Waals surface area contributed by atoms with Gasteiger partial charge >= 0.3 is 12.1 Å². The van der Waals surface area contributed by atoms with E-state index < -0.39 is 17.7 Å². The molecule has 0 N–H and O–H groups in total. The Morgan fingerprint density at radius 2 is 1.90 bits per heavy atom. The van der Waals surface area contributed by atoms with Crippen LogP contribution in [0.3, 0.4) is 0 Å². The molecule has 0 aliphatic rings. The van der Waals surface area contributed by atoms with E-state index >= 15 is 0 Å². The summed E-state index contributed by atoms with van der Waals surface area (Å²) in [4.78, 5) is 15.6. The summed E-state index contributed by atoms with van der Waals surface area (Å²) in [6.07, 6.45) is -1.96. The van der Waals surface area contributed by atoms with Gasteiger partial charge in [-0.1, -0.05) is 18.2 Å². The summed E-state index contributed by atoms with van der Waals surface area (Å²) in [7, 11) is 0. The molecule has 0 fully saturated rings. The number of pyridine rings is 1. The molecule has 2 rings (SSSR count). The fraction of sp³-hybridized carbons (Fsp3) is 0.200. The Labute approximate surface area is 119 Å². The summed E-state index contributed by atoms with van der Waals surface area (Å²) < 4.78 is 44.1. The molecule has 0 saturated heterocycles. The molecule has 6 heteroatoms. The highest BCUT2D eigenvalue weighted by atomic mass is 19.4. The van der Waals surface area contributed by atoms with Gasteiger partial charge in [0.05, 0.1) is 17.7 Å². The predicted octanol–water partition coefficient (Wildman–Crippen LogP) is 3.94. The number of rotatable bonds is 3. The third-order valence-corrected chi connectivity index (χ3v) is 2.84. The molecule has 0 radical (unpaired) electrons. The number of alkyl halides is 3. The Morgan fingerprint density at radius 3 is 2.57 bits per heavy atom. The molecule has 2 aromatic rings. The second-order valence-electron chi connectivity index (χ2n) is 4.19. The largest absolute Gasteiger partial charge is 0.462 e. The lowest BCUT2D eigenvalue weighted by molar-refractivity contribution is -0.137. The van der Waals surface area contributed by atoms with Gasteiger partial charge in [0, 0.05) is 12.4 Å². The number of carbonyl (C=O) groups excluding carboxylic acids is 1. The van der Waals surface area contributed by atoms with Crippen LogP contribution in [0, 0.1) is 0 Å². The molecule has 1 aromatic heterocycles. The summed E-state index contributed by atoms with van der Waals surface area (Å²) in [6, 6.07) is 6.46. The van der Waals surface area contributed by atoms with Gasteiger partial charge in [-0.05, 0) is 30.2 Å². The van der Waals surface area contributed by atoms with Crippen LogP contribution in [-0.2, 0) is 10.9 Å². The Morgan fingerprint density at radius 1 is 1.19 bits per heavy atom. The van der Waals surface area contributed by atoms with E-state index in [1.165, 1.54) is 36.7 Å². The van der Waals surface area contributed by atoms with Gasteiger partial charge in [-0.2, -0.15) is 13.2 Å². The maximum atomic E-state index is 13.1. The number of halogens is 3. The Bertz CT molecular complexity index is 653. The molecular weight excluding hydrogens is 283 g/mol. The van der Waals surface area contributed by atoms with Crippen LogP contribution in [0.5, 0.6) is 0 Å². The van der Waals surface area contributed by atoms with Gasteiger partial charge < -0.3 is 4.74 Å². The summed E-state index contributed by atoms with van der Waals surface area (Å²) >= 11 is 0. The first-order valence-corrected chi connectivity index (χ1v) is 6.23. The SMILES string of the molecule is CCOC(=O)c1cnccc1-c1ccccc1C(F)(F)F. The average Bonchev–Trinajstić information content (AvgIpc) is 2.46. The zero-order chi connectivity index (χ0) is 15.5. The van der Waals surface area contributed by atoms with E-state index in [0.717, 1.165) is 6.07 Å². The third kappa shape index (κ3) is 3.21. The molecule has 0 amide bonds. The Hall–Kier alpha value is -2.37. The molecular formula is C15H12F3NO2. The summed E-state index contributed by atoms with van der Waals surface area (Å²) in [6.45, 7) is 1.76. The van der Waals surface area contributed by atoms with E-state index in [4.69, 9.17) is 4.74 Å². The monoisotopic (exact) mass is 295 g/mol. The van der Waals surface area contributed by atoms with E-state index in [0.29, 0.717) is 0 Å². The fourth-order valence-corrected chi connectivity index (χ4v) is 1.97. The molecule has 3 nitrogen and oxygen atoms in total. The minimum Gasteiger partial charge on any atom is -0.462 e. The van der Waals surface area contributed by atoms with Crippen LogP contribution in [0.15, 0.2) is 42.7 Å². The first-order chi connectivity index (χ1) is 9.95. The number of ether oxygens (including phenoxy) is 1. The van der Waals surface area contributed by atoms with Crippen LogP contribution >= 0.6 is 0 Å². The smallest absolute Gasteiger partial charge is 0.417 e. The first kappa shape index (κ1) is 15.0. The molecule has 1 aromatic carbocycles. The molecule has 0 spiro atoms. The van der Waals surface area contributed by atoms with Crippen LogP contribution in [-0.4, -0.2) is 17.6 Å². The number of nitrogens with zero attached hydrogens (tertiary/aromatic N) is 1. The summed E-state index contributed by atoms with van der Waals surface area (Å²) in [5.41, 5.74) is -0.718. The van der Waals surface area contributed by atoms with Crippen molar-refractivity contribution in [3.8, 4) is 11.1 Å². The lowest BCUT2D eigenvalue weighted by Gasteiger charge is -2.14. The second-order valence-corrected chi connectivity index (χ2v) is 4.19. The molecule has 0 saturated carbocycles. The topological polar surface area (TPSA) is 39.2 Å². The van der Waals surface area contributed by atoms with E-state index in [9.17, 15) is 18.0 Å². The molecule has 1 heterocycles. The highest BCUT2D eigenvalue weighted by molar-refractivity contribution is 5.97. The van der Waals surface area contributed by atoms with Crippen molar-refractivity contribution >= 4 is 5.97 Å². The van der Waals surface area contributed by atoms with Crippen molar-refractivity contribution in [3.63, 3.8) is 0 Å². The number of carbonyl (C=O) groups is 1. The minimum absolute atomic E-state index is 0.0102. The van der Waals surface area contributed by atoms with Gasteiger partial charge in [0.15, 0.2) is 0 Å². The van der Waals surface area contributed by atoms with Crippen LogP contribution in [0.1, 0.15) is 22.8 Å². The summed E-state index contributed by atoms with van der Waals surface area (Å²) in [5.74, 6) is -0.697. The molecule has 0 bridgehead atoms. The van der Waals surface area contributed by atoms with Crippen molar-refractivity contribution in [2.45, 2.75) is 13.1 Å². The minimum atomic E-state index is -4.51. The van der Waals surface area contributed by atoms with Crippen LogP contribution < -0.4 is 0 Å². The lowest BCUT2D eigenvalue weighted by Crippen LogP contribution is -2.10. The zero-order valence-corrected chi connectivity index (χ0v) is 11.1. The quantitative estimate of drug-likeness (QED) is 0.805. The van der Waals surface area contributed by atoms with E-state index in [1.807, 2.05) is 0 Å². The van der Waals surface area contributed by atoms with Gasteiger partial charge in [0.25, 0.3) is 0 Å². The number of aromatic nitrogens is 1. The van der Waals surface area contributed by atoms with Crippen molar-refractivity contribution in [2.75, 3.05) is 6.61 Å². The summed E-state index contributed by atoms with van der Waals surface area (Å²) in [5, 5.41) is 0. The second kappa shape index (κ2) is 5.95. The molecule has 21 heavy (non-hydrogen) atoms. The number of benzene rings is 1. The van der Waals surface area contributed by atoms with Crippen LogP contribution in [0.4, 0.5) is 13.2 Å². The fourth-order valence-electron chi connectivity index (χ4n) is 1.97. The van der Waals surface area contributed by atoms with Gasteiger partial charge in [0.1, 0.15) is 0 Å². The average molecular weight is 295 g/mol. The molecule has 0 aliphatic carbocycles. The van der Waals surface area contributed by atoms with Gasteiger partial charge in [-0.15, -0.1) is 0 Å². The molecule has 0 aliphatic heterocycles. The number of hydrogen-bond acceptors (Lipinski definition) is 3. The number of hydrogen-bond donors (Lipinski definition) is 0. The van der Waals surface area contributed by atoms with Gasteiger partial charge in [-0.3, -0.25) is 4.98 Å². The van der Waals surface area contributed by atoms with Crippen molar-refractivity contribution < 1.29 is 22.7 Å². The van der Waals surface area contributed by atoms with E-state index in [1.54, 1.807) is 6.92 Å². The van der Waals surface area contributed by atoms with Gasteiger partial charge in [0.2, 0.25) is 0 Å². The standard InChI is InChI=1S/C15H12F3NO2/c1-2-21-14(20)12-9-19-8-7-10(12)11-5-3-4-6-13(11)15(16,17)18/h3-9H,2H2,1H3. The van der Waals surface area contributed by atoms with Gasteiger partial charge in [-0.25, -0.2) is 4.79 Å². The Kier molecular flexibility index (Phi) is 4.26. The Balaban J connectivity index is 2.61. The van der Waals surface area contributed by atoms with E-state index in [-0.39, 0.29) is 23.3 Å². The maximum Gasteiger partial charge on any atom is 0.417 e. The highest BCUT2D eigenvalue weighted by Crippen LogP contribution is 2.37. The van der Waals surface area contributed by atoms with E-state index in [2.05, 4.69) is 4.98 Å². The molecule has 0 unspecified atom stereocenters. The van der Waals surface area contributed by atoms with Crippen molar-refractivity contribution in [2.24, 2.45) is 0 Å². The third-order valence-electron chi connectivity index (χ3n) is 2.84. The molecule has 110 valence electrons. The van der Waals surface area contributed by atoms with Crippen molar-refractivity contribution in [1.82, 2.24) is 4.98 Å². The van der Waals surface area contributed by atoms with Crippen molar-refractivity contribution in [3.05, 3.63) is 53.9 Å². The predicted molar refractivity (Wildman–Crippen MR) is 70.6 cm³/mol. The van der Waals surface area contributed by atoms with Crippen molar-refractivity contribution in [1.29, 1.82) is 0 Å². The lowest BCUT2D eigenvalue weighted by atomic mass is 9.96. The highest BCUT2D eigenvalue weighted by Gasteiger charge is 2.34.